The van der Waals surface area contributed by atoms with Crippen molar-refractivity contribution in [1.29, 1.82) is 0 Å². The number of piperazine rings is 2. The molecule has 6 fully saturated rings. The Morgan fingerprint density at radius 2 is 1.42 bits per heavy atom. The number of aromatic nitrogens is 2. The number of piperidine rings is 2. The van der Waals surface area contributed by atoms with Crippen molar-refractivity contribution in [2.75, 3.05) is 114 Å². The minimum atomic E-state index is -0.862. The molecule has 99 heavy (non-hydrogen) atoms. The predicted molar refractivity (Wildman–Crippen MR) is 376 cm³/mol. The molecule has 1 spiro atoms. The Labute approximate surface area is 581 Å². The van der Waals surface area contributed by atoms with Crippen molar-refractivity contribution >= 4 is 58.7 Å². The van der Waals surface area contributed by atoms with Crippen LogP contribution < -0.4 is 52.3 Å². The van der Waals surface area contributed by atoms with Gasteiger partial charge in [-0.05, 0) is 131 Å². The number of likely N-dealkylation sites (N-methyl/N-ethyl adjacent to an activating group) is 1. The summed E-state index contributed by atoms with van der Waals surface area (Å²) in [5.74, 6) is -1.36. The van der Waals surface area contributed by atoms with E-state index >= 15 is 8.78 Å². The van der Waals surface area contributed by atoms with Crippen molar-refractivity contribution in [2.24, 2.45) is 11.3 Å². The first kappa shape index (κ1) is 72.4. The van der Waals surface area contributed by atoms with Gasteiger partial charge in [0.15, 0.2) is 0 Å². The molecule has 11 rings (SSSR count). The first-order valence-electron chi connectivity index (χ1n) is 36.3. The molecule has 6 heterocycles. The van der Waals surface area contributed by atoms with Gasteiger partial charge in [0.25, 0.3) is 0 Å². The molecule has 0 bridgehead atoms. The van der Waals surface area contributed by atoms with Gasteiger partial charge in [0.2, 0.25) is 41.4 Å². The fourth-order valence-electron chi connectivity index (χ4n) is 15.5. The standard InChI is InChI=1S/C74H104F2N16O7/c1-50(77-4)70(97)85-69(54-15-6-5-7-16-54)72(99)92-46-56(40-62(92)71(98)84-60-19-11-17-53-14-8-9-18-57(53)60)83-67(95)21-20-65(93)78-27-33-88-36-34-87(35-37-88)28-22-66(94)80-44-52-13-10-12-51(38-52)43-79-63-42-64(82-49-81-63)90-31-25-74(26-32-90)48-91(47-68(96)86-74)61-41-58(75)55(39-59(61)76)45-89-29-23-73(2,3)24-30-89/h8-10,12-14,18,38-39,41-42,49-50,54,56,60,62,69,77H,5-7,11,15-17,19-37,40,43-48H2,1-4H3,(H,78,93)(H,80,94)(H,83,95)(H,84,98)(H,85,97)(H,86,96)(H,79,81,82)/t50-,56-,60+,62-,69-/m0/s1. The highest BCUT2D eigenvalue weighted by atomic mass is 19.1. The van der Waals surface area contributed by atoms with Gasteiger partial charge in [-0.3, -0.25) is 43.4 Å². The fourth-order valence-corrected chi connectivity index (χ4v) is 15.5. The highest BCUT2D eigenvalue weighted by Gasteiger charge is 2.46. The smallest absolute Gasteiger partial charge is 0.246 e. The topological polar surface area (TPSA) is 261 Å². The summed E-state index contributed by atoms with van der Waals surface area (Å²) in [6.07, 6.45) is 12.4. The SMILES string of the molecule is CN[C@@H](C)C(=O)N[C@H](C(=O)N1C[C@@H](NC(=O)CCC(=O)NCCN2CCN(CCC(=O)NCc3cccc(CNc4cc(N5CCC6(CC5)CN(c5cc(F)c(CN7CCC(C)(C)CC7)cc5F)CC(=O)N6)ncn4)c3)CC2)C[C@H]1C(=O)N[C@@H]1CCCc2ccccc21)C1CCCCC1. The van der Waals surface area contributed by atoms with E-state index in [4.69, 9.17) is 0 Å². The van der Waals surface area contributed by atoms with Gasteiger partial charge in [0.05, 0.1) is 29.9 Å². The van der Waals surface area contributed by atoms with Crippen LogP contribution >= 0.6 is 0 Å². The first-order valence-corrected chi connectivity index (χ1v) is 36.3. The lowest BCUT2D eigenvalue weighted by Crippen LogP contribution is -2.66. The summed E-state index contributed by atoms with van der Waals surface area (Å²) in [7, 11) is 1.70. The Hall–Kier alpha value is -7.87. The number of likely N-dealkylation sites (tertiary alicyclic amines) is 2. The lowest BCUT2D eigenvalue weighted by molar-refractivity contribution is -0.143. The maximum absolute atomic E-state index is 15.8. The maximum atomic E-state index is 15.8. The van der Waals surface area contributed by atoms with E-state index in [2.05, 4.69) is 98.1 Å². The Balaban J connectivity index is 0.565. The number of anilines is 3. The van der Waals surface area contributed by atoms with Crippen LogP contribution in [0.25, 0.3) is 0 Å². The molecule has 25 heteroatoms. The molecule has 7 amide bonds. The van der Waals surface area contributed by atoms with E-state index in [1.807, 2.05) is 42.5 Å². The number of hydrogen-bond acceptors (Lipinski definition) is 16. The summed E-state index contributed by atoms with van der Waals surface area (Å²) in [5.41, 5.74) is 4.37. The van der Waals surface area contributed by atoms with Gasteiger partial charge in [-0.25, -0.2) is 18.7 Å². The molecule has 5 saturated heterocycles. The summed E-state index contributed by atoms with van der Waals surface area (Å²) in [4.78, 5) is 116. The van der Waals surface area contributed by atoms with Crippen LogP contribution in [0.3, 0.4) is 0 Å². The quantitative estimate of drug-likeness (QED) is 0.0390. The van der Waals surface area contributed by atoms with Crippen molar-refractivity contribution in [3.63, 3.8) is 0 Å². The normalized spacial score (nSPS) is 22.0. The average Bonchev–Trinajstić information content (AvgIpc) is 1.54. The largest absolute Gasteiger partial charge is 0.366 e. The summed E-state index contributed by atoms with van der Waals surface area (Å²) in [6.45, 7) is 15.6. The molecule has 536 valence electrons. The molecule has 7 aliphatic rings. The Bertz CT molecular complexity index is 3470. The van der Waals surface area contributed by atoms with E-state index in [1.54, 1.807) is 23.8 Å². The van der Waals surface area contributed by atoms with Crippen molar-refractivity contribution in [3.05, 3.63) is 113 Å². The van der Waals surface area contributed by atoms with Crippen LogP contribution in [0.5, 0.6) is 0 Å². The zero-order valence-electron chi connectivity index (χ0n) is 58.4. The molecule has 8 N–H and O–H groups in total. The Morgan fingerprint density at radius 1 is 0.707 bits per heavy atom. The first-order chi connectivity index (χ1) is 47.7. The number of rotatable bonds is 26. The summed E-state index contributed by atoms with van der Waals surface area (Å²) in [5, 5.41) is 25.0. The number of nitrogens with one attached hydrogen (secondary N) is 8. The molecule has 0 radical (unpaired) electrons. The molecule has 0 unspecified atom stereocenters. The number of carbonyl (C=O) groups is 7. The molecule has 5 atom stereocenters. The van der Waals surface area contributed by atoms with Crippen molar-refractivity contribution in [2.45, 2.75) is 179 Å². The van der Waals surface area contributed by atoms with Gasteiger partial charge in [-0.15, -0.1) is 0 Å². The van der Waals surface area contributed by atoms with Gasteiger partial charge in [-0.2, -0.15) is 0 Å². The van der Waals surface area contributed by atoms with Crippen LogP contribution in [0, 0.1) is 23.0 Å². The zero-order chi connectivity index (χ0) is 69.6. The van der Waals surface area contributed by atoms with Crippen LogP contribution in [-0.4, -0.2) is 199 Å². The third kappa shape index (κ3) is 19.6. The lowest BCUT2D eigenvalue weighted by atomic mass is 9.82. The number of fused-ring (bicyclic) bond motifs is 1. The third-order valence-corrected chi connectivity index (χ3v) is 21.8. The molecule has 4 aromatic rings. The van der Waals surface area contributed by atoms with Crippen molar-refractivity contribution in [1.82, 2.24) is 66.8 Å². The van der Waals surface area contributed by atoms with E-state index in [1.165, 1.54) is 24.0 Å². The molecule has 1 saturated carbocycles. The van der Waals surface area contributed by atoms with E-state index in [9.17, 15) is 33.6 Å². The van der Waals surface area contributed by atoms with E-state index in [-0.39, 0.29) is 96.8 Å². The summed E-state index contributed by atoms with van der Waals surface area (Å²) < 4.78 is 31.4. The van der Waals surface area contributed by atoms with Crippen molar-refractivity contribution in [3.8, 4) is 0 Å². The van der Waals surface area contributed by atoms with Crippen LogP contribution in [0.1, 0.15) is 151 Å². The van der Waals surface area contributed by atoms with Gasteiger partial charge in [0.1, 0.15) is 41.7 Å². The molecular weight excluding hydrogens is 1260 g/mol. The number of carbonyl (C=O) groups excluding carboxylic acids is 7. The minimum Gasteiger partial charge on any atom is -0.366 e. The second-order valence-corrected chi connectivity index (χ2v) is 29.6. The van der Waals surface area contributed by atoms with Crippen LogP contribution in [0.4, 0.5) is 26.1 Å². The average molecular weight is 1370 g/mol. The highest BCUT2D eigenvalue weighted by molar-refractivity contribution is 5.94. The van der Waals surface area contributed by atoms with Crippen molar-refractivity contribution < 1.29 is 42.3 Å². The van der Waals surface area contributed by atoms with Gasteiger partial charge >= 0.3 is 0 Å². The van der Waals surface area contributed by atoms with E-state index < -0.39 is 41.3 Å². The number of benzene rings is 3. The van der Waals surface area contributed by atoms with E-state index in [0.29, 0.717) is 89.5 Å². The van der Waals surface area contributed by atoms with Gasteiger partial charge < -0.3 is 62.1 Å². The summed E-state index contributed by atoms with van der Waals surface area (Å²) in [6, 6.07) is 17.7. The van der Waals surface area contributed by atoms with Crippen LogP contribution in [0.15, 0.2) is 73.1 Å². The van der Waals surface area contributed by atoms with Gasteiger partial charge in [-0.1, -0.05) is 81.6 Å². The molecule has 1 aromatic heterocycles. The molecule has 3 aromatic carbocycles. The molecule has 23 nitrogen and oxygen atoms in total. The Morgan fingerprint density at radius 3 is 2.18 bits per heavy atom. The van der Waals surface area contributed by atoms with Crippen LogP contribution in [-0.2, 0) is 59.6 Å². The van der Waals surface area contributed by atoms with Crippen LogP contribution in [0.2, 0.25) is 0 Å². The van der Waals surface area contributed by atoms with Gasteiger partial charge in [0, 0.05) is 135 Å². The lowest BCUT2D eigenvalue weighted by Gasteiger charge is -2.48. The fraction of sp³-hybridized carbons (Fsp3) is 0.608. The Kier molecular flexibility index (Phi) is 24.5. The zero-order valence-corrected chi connectivity index (χ0v) is 58.4. The number of amides is 7. The predicted octanol–water partition coefficient (Wildman–Crippen LogP) is 5.44. The summed E-state index contributed by atoms with van der Waals surface area (Å²) >= 11 is 0. The van der Waals surface area contributed by atoms with E-state index in [0.717, 1.165) is 126 Å². The number of aryl methyl sites for hydroxylation is 1. The number of nitrogens with zero attached hydrogens (tertiary/aromatic N) is 8. The molecular formula is C74H104F2N16O7. The molecule has 5 aliphatic heterocycles. The minimum absolute atomic E-state index is 0.0164. The highest BCUT2D eigenvalue weighted by Crippen LogP contribution is 2.37. The number of hydrogen-bond donors (Lipinski definition) is 8. The maximum Gasteiger partial charge on any atom is 0.246 e. The second-order valence-electron chi connectivity index (χ2n) is 29.6. The third-order valence-electron chi connectivity index (χ3n) is 21.8. The monoisotopic (exact) mass is 1370 g/mol. The number of halogens is 2. The second kappa shape index (κ2) is 33.5. The molecule has 2 aliphatic carbocycles.